The predicted octanol–water partition coefficient (Wildman–Crippen LogP) is 1.85. The van der Waals surface area contributed by atoms with Gasteiger partial charge in [-0.15, -0.1) is 0 Å². The Morgan fingerprint density at radius 2 is 2.35 bits per heavy atom. The number of aryl methyl sites for hydroxylation is 2. The van der Waals surface area contributed by atoms with Gasteiger partial charge in [-0.05, 0) is 20.3 Å². The summed E-state index contributed by atoms with van der Waals surface area (Å²) in [5.41, 5.74) is 0. The van der Waals surface area contributed by atoms with Crippen molar-refractivity contribution in [2.45, 2.75) is 44.9 Å². The fraction of sp³-hybridized carbons (Fsp3) is 0.769. The van der Waals surface area contributed by atoms with Crippen molar-refractivity contribution < 1.29 is 9.32 Å². The van der Waals surface area contributed by atoms with E-state index in [1.54, 1.807) is 6.92 Å². The number of nitrogens with zero attached hydrogens (tertiary/aromatic N) is 3. The number of hydrogen-bond acceptors (Lipinski definition) is 5. The molecule has 7 heteroatoms. The first-order valence-electron chi connectivity index (χ1n) is 7.03. The first-order chi connectivity index (χ1) is 9.58. The van der Waals surface area contributed by atoms with Gasteiger partial charge in [-0.1, -0.05) is 12.1 Å². The number of rotatable bonds is 4. The molecular formula is C13H22N4O2S. The van der Waals surface area contributed by atoms with Crippen LogP contribution in [0.25, 0.3) is 0 Å². The third kappa shape index (κ3) is 3.88. The van der Waals surface area contributed by atoms with Crippen molar-refractivity contribution >= 4 is 17.8 Å². The average molecular weight is 298 g/mol. The van der Waals surface area contributed by atoms with Gasteiger partial charge in [-0.2, -0.15) is 16.7 Å². The molecule has 0 spiro atoms. The lowest BCUT2D eigenvalue weighted by atomic mass is 10.2. The molecule has 0 unspecified atom stereocenters. The third-order valence-corrected chi connectivity index (χ3v) is 4.90. The number of nitrogens with one attached hydrogen (secondary N) is 1. The van der Waals surface area contributed by atoms with Crippen LogP contribution in [0, 0.1) is 6.92 Å². The summed E-state index contributed by atoms with van der Waals surface area (Å²) in [7, 11) is 0. The minimum atomic E-state index is 0.0337. The summed E-state index contributed by atoms with van der Waals surface area (Å²) in [6.45, 7) is 7.53. The van der Waals surface area contributed by atoms with Crippen LogP contribution in [0.4, 0.5) is 4.79 Å². The molecule has 112 valence electrons. The van der Waals surface area contributed by atoms with E-state index in [-0.39, 0.29) is 12.1 Å². The van der Waals surface area contributed by atoms with E-state index in [1.807, 2.05) is 16.7 Å². The van der Waals surface area contributed by atoms with Gasteiger partial charge in [0.15, 0.2) is 5.82 Å². The lowest BCUT2D eigenvalue weighted by Gasteiger charge is -2.37. The Bertz CT molecular complexity index is 451. The first-order valence-corrected chi connectivity index (χ1v) is 8.08. The van der Waals surface area contributed by atoms with Crippen LogP contribution >= 0.6 is 11.8 Å². The maximum atomic E-state index is 12.1. The molecular weight excluding hydrogens is 276 g/mol. The molecule has 1 aliphatic rings. The molecule has 6 nitrogen and oxygen atoms in total. The summed E-state index contributed by atoms with van der Waals surface area (Å²) in [5, 5.41) is 7.20. The van der Waals surface area contributed by atoms with Gasteiger partial charge < -0.3 is 14.7 Å². The number of aromatic nitrogens is 2. The number of thioether (sulfide) groups is 1. The molecule has 1 aromatic rings. The SMILES string of the molecule is Cc1noc(CCCNC(=O)N2CCS[C@@H](C)[C@@H]2C)n1. The zero-order chi connectivity index (χ0) is 14.5. The Balaban J connectivity index is 1.69. The van der Waals surface area contributed by atoms with Crippen LogP contribution in [0.3, 0.4) is 0 Å². The fourth-order valence-corrected chi connectivity index (χ4v) is 3.30. The quantitative estimate of drug-likeness (QED) is 0.859. The van der Waals surface area contributed by atoms with E-state index in [0.717, 1.165) is 18.7 Å². The highest BCUT2D eigenvalue weighted by atomic mass is 32.2. The second-order valence-electron chi connectivity index (χ2n) is 5.08. The molecule has 2 rings (SSSR count). The highest BCUT2D eigenvalue weighted by Crippen LogP contribution is 2.23. The molecule has 20 heavy (non-hydrogen) atoms. The molecule has 0 aromatic carbocycles. The van der Waals surface area contributed by atoms with Crippen molar-refractivity contribution in [3.63, 3.8) is 0 Å². The van der Waals surface area contributed by atoms with Gasteiger partial charge in [0.25, 0.3) is 0 Å². The van der Waals surface area contributed by atoms with Crippen molar-refractivity contribution in [1.82, 2.24) is 20.4 Å². The topological polar surface area (TPSA) is 71.3 Å². The van der Waals surface area contributed by atoms with Crippen LogP contribution in [-0.2, 0) is 6.42 Å². The monoisotopic (exact) mass is 298 g/mol. The van der Waals surface area contributed by atoms with Gasteiger partial charge in [0.05, 0.1) is 0 Å². The third-order valence-electron chi connectivity index (χ3n) is 3.56. The second-order valence-corrected chi connectivity index (χ2v) is 6.57. The minimum absolute atomic E-state index is 0.0337. The normalized spacial score (nSPS) is 22.9. The molecule has 2 amide bonds. The Morgan fingerprint density at radius 1 is 1.55 bits per heavy atom. The average Bonchev–Trinajstić information content (AvgIpc) is 2.83. The molecule has 2 heterocycles. The second kappa shape index (κ2) is 6.97. The zero-order valence-corrected chi connectivity index (χ0v) is 13.1. The lowest BCUT2D eigenvalue weighted by molar-refractivity contribution is 0.180. The van der Waals surface area contributed by atoms with Crippen LogP contribution in [-0.4, -0.2) is 51.2 Å². The van der Waals surface area contributed by atoms with Crippen LogP contribution in [0.2, 0.25) is 0 Å². The minimum Gasteiger partial charge on any atom is -0.339 e. The van der Waals surface area contributed by atoms with E-state index in [4.69, 9.17) is 4.52 Å². The van der Waals surface area contributed by atoms with E-state index in [2.05, 4.69) is 29.3 Å². The van der Waals surface area contributed by atoms with E-state index in [0.29, 0.717) is 29.9 Å². The maximum absolute atomic E-state index is 12.1. The molecule has 1 saturated heterocycles. The molecule has 1 fully saturated rings. The molecule has 1 N–H and O–H groups in total. The summed E-state index contributed by atoms with van der Waals surface area (Å²) in [6, 6.07) is 0.318. The van der Waals surface area contributed by atoms with Crippen molar-refractivity contribution in [3.8, 4) is 0 Å². The molecule has 1 aliphatic heterocycles. The maximum Gasteiger partial charge on any atom is 0.317 e. The van der Waals surface area contributed by atoms with Crippen molar-refractivity contribution in [1.29, 1.82) is 0 Å². The lowest BCUT2D eigenvalue weighted by Crippen LogP contribution is -2.52. The molecule has 0 radical (unpaired) electrons. The smallest absolute Gasteiger partial charge is 0.317 e. The highest BCUT2D eigenvalue weighted by Gasteiger charge is 2.28. The van der Waals surface area contributed by atoms with E-state index in [9.17, 15) is 4.79 Å². The fourth-order valence-electron chi connectivity index (χ4n) is 2.20. The van der Waals surface area contributed by atoms with Crippen LogP contribution in [0.15, 0.2) is 4.52 Å². The van der Waals surface area contributed by atoms with Crippen molar-refractivity contribution in [2.75, 3.05) is 18.8 Å². The van der Waals surface area contributed by atoms with E-state index < -0.39 is 0 Å². The van der Waals surface area contributed by atoms with Crippen molar-refractivity contribution in [2.24, 2.45) is 0 Å². The number of urea groups is 1. The number of carbonyl (C=O) groups excluding carboxylic acids is 1. The molecule has 0 saturated carbocycles. The predicted molar refractivity (Wildman–Crippen MR) is 78.8 cm³/mol. The van der Waals surface area contributed by atoms with Gasteiger partial charge in [-0.25, -0.2) is 4.79 Å². The van der Waals surface area contributed by atoms with Crippen LogP contribution < -0.4 is 5.32 Å². The Hall–Kier alpha value is -1.24. The van der Waals surface area contributed by atoms with Crippen molar-refractivity contribution in [3.05, 3.63) is 11.7 Å². The molecule has 0 bridgehead atoms. The Labute approximate surface area is 123 Å². The summed E-state index contributed by atoms with van der Waals surface area (Å²) in [4.78, 5) is 18.2. The van der Waals surface area contributed by atoms with Gasteiger partial charge in [0.1, 0.15) is 0 Å². The summed E-state index contributed by atoms with van der Waals surface area (Å²) in [6.07, 6.45) is 1.50. The number of amides is 2. The van der Waals surface area contributed by atoms with Gasteiger partial charge in [-0.3, -0.25) is 0 Å². The molecule has 1 aromatic heterocycles. The van der Waals surface area contributed by atoms with E-state index >= 15 is 0 Å². The Morgan fingerprint density at radius 3 is 3.05 bits per heavy atom. The first kappa shape index (κ1) is 15.2. The summed E-state index contributed by atoms with van der Waals surface area (Å²) in [5.74, 6) is 2.30. The summed E-state index contributed by atoms with van der Waals surface area (Å²) < 4.78 is 5.03. The standard InChI is InChI=1S/C13H22N4O2S/c1-9-10(2)20-8-7-17(9)13(18)14-6-4-5-12-15-11(3)16-19-12/h9-10H,4-8H2,1-3H3,(H,14,18)/t9-,10-/m0/s1. The number of hydrogen-bond donors (Lipinski definition) is 1. The van der Waals surface area contributed by atoms with Gasteiger partial charge >= 0.3 is 6.03 Å². The van der Waals surface area contributed by atoms with Crippen LogP contribution in [0.5, 0.6) is 0 Å². The largest absolute Gasteiger partial charge is 0.339 e. The van der Waals surface area contributed by atoms with E-state index in [1.165, 1.54) is 0 Å². The molecule has 2 atom stereocenters. The van der Waals surface area contributed by atoms with Crippen LogP contribution in [0.1, 0.15) is 32.0 Å². The zero-order valence-electron chi connectivity index (χ0n) is 12.3. The Kier molecular flexibility index (Phi) is 5.28. The van der Waals surface area contributed by atoms with Gasteiger partial charge in [0, 0.05) is 36.6 Å². The highest BCUT2D eigenvalue weighted by molar-refractivity contribution is 8.00. The number of carbonyl (C=O) groups is 1. The summed E-state index contributed by atoms with van der Waals surface area (Å²) >= 11 is 1.93. The van der Waals surface area contributed by atoms with Gasteiger partial charge in [0.2, 0.25) is 5.89 Å². The molecule has 0 aliphatic carbocycles.